The molecule has 0 aliphatic rings. The number of benzene rings is 3. The number of rotatable bonds is 6. The predicted octanol–water partition coefficient (Wildman–Crippen LogP) is 5.75. The Bertz CT molecular complexity index is 1280. The number of thiophene rings is 1. The molecule has 0 fully saturated rings. The third-order valence-corrected chi connectivity index (χ3v) is 5.65. The first kappa shape index (κ1) is 20.6. The fourth-order valence-corrected chi connectivity index (χ4v) is 3.99. The minimum atomic E-state index is -0.954. The van der Waals surface area contributed by atoms with Gasteiger partial charge < -0.3 is 14.6 Å². The van der Waals surface area contributed by atoms with E-state index in [4.69, 9.17) is 9.47 Å². The molecule has 3 aromatic carbocycles. The van der Waals surface area contributed by atoms with Gasteiger partial charge in [-0.25, -0.2) is 9.18 Å². The van der Waals surface area contributed by atoms with E-state index in [1.807, 2.05) is 30.3 Å². The van der Waals surface area contributed by atoms with Crippen molar-refractivity contribution < 1.29 is 28.6 Å². The molecule has 1 heterocycles. The molecule has 7 heteroatoms. The second kappa shape index (κ2) is 8.57. The fourth-order valence-electron chi connectivity index (χ4n) is 3.02. The largest absolute Gasteiger partial charge is 0.508 e. The minimum Gasteiger partial charge on any atom is -0.508 e. The monoisotopic (exact) mass is 436 g/mol. The van der Waals surface area contributed by atoms with E-state index in [2.05, 4.69) is 0 Å². The molecule has 0 amide bonds. The average Bonchev–Trinajstić information content (AvgIpc) is 3.18. The van der Waals surface area contributed by atoms with Crippen molar-refractivity contribution in [1.82, 2.24) is 0 Å². The quantitative estimate of drug-likeness (QED) is 0.237. The third kappa shape index (κ3) is 4.41. The highest BCUT2D eigenvalue weighted by molar-refractivity contribution is 7.20. The van der Waals surface area contributed by atoms with Crippen LogP contribution in [0.5, 0.6) is 17.2 Å². The Labute approximate surface area is 181 Å². The topological polar surface area (TPSA) is 72.8 Å². The van der Waals surface area contributed by atoms with Gasteiger partial charge in [-0.15, -0.1) is 11.3 Å². The highest BCUT2D eigenvalue weighted by atomic mass is 32.1. The van der Waals surface area contributed by atoms with Gasteiger partial charge in [-0.3, -0.25) is 4.79 Å². The SMILES string of the molecule is CC(=O)c1ccc(OCc2ccccc2)c(OC(=O)c2cc3ccc(O)cc3s2)c1F. The van der Waals surface area contributed by atoms with Crippen molar-refractivity contribution in [3.8, 4) is 17.2 Å². The van der Waals surface area contributed by atoms with Gasteiger partial charge in [0.25, 0.3) is 0 Å². The Morgan fingerprint density at radius 1 is 1.03 bits per heavy atom. The first-order chi connectivity index (χ1) is 14.9. The Morgan fingerprint density at radius 2 is 1.81 bits per heavy atom. The third-order valence-electron chi connectivity index (χ3n) is 4.58. The van der Waals surface area contributed by atoms with Crippen LogP contribution in [0.1, 0.15) is 32.5 Å². The van der Waals surface area contributed by atoms with Gasteiger partial charge in [0, 0.05) is 4.70 Å². The zero-order chi connectivity index (χ0) is 22.0. The lowest BCUT2D eigenvalue weighted by Gasteiger charge is -2.14. The first-order valence-corrected chi connectivity index (χ1v) is 10.2. The summed E-state index contributed by atoms with van der Waals surface area (Å²) in [4.78, 5) is 24.7. The van der Waals surface area contributed by atoms with E-state index < -0.39 is 23.3 Å². The standard InChI is InChI=1S/C24H17FO5S/c1-14(26)18-9-10-19(29-13-15-5-3-2-4-6-15)23(22(18)25)30-24(28)21-11-16-7-8-17(27)12-20(16)31-21/h2-12,27H,13H2,1H3. The number of phenols is 1. The van der Waals surface area contributed by atoms with Crippen LogP contribution in [0.4, 0.5) is 4.39 Å². The van der Waals surface area contributed by atoms with Crippen molar-refractivity contribution in [2.24, 2.45) is 0 Å². The lowest BCUT2D eigenvalue weighted by atomic mass is 10.1. The highest BCUT2D eigenvalue weighted by Crippen LogP contribution is 2.35. The summed E-state index contributed by atoms with van der Waals surface area (Å²) < 4.78 is 26.8. The molecule has 4 rings (SSSR count). The lowest BCUT2D eigenvalue weighted by molar-refractivity contribution is 0.0723. The van der Waals surface area contributed by atoms with Crippen LogP contribution in [0.25, 0.3) is 10.1 Å². The molecule has 0 spiro atoms. The van der Waals surface area contributed by atoms with Crippen LogP contribution >= 0.6 is 11.3 Å². The number of fused-ring (bicyclic) bond motifs is 1. The van der Waals surface area contributed by atoms with Gasteiger partial charge in [0.2, 0.25) is 5.75 Å². The zero-order valence-electron chi connectivity index (χ0n) is 16.4. The first-order valence-electron chi connectivity index (χ1n) is 9.37. The van der Waals surface area contributed by atoms with Crippen molar-refractivity contribution in [1.29, 1.82) is 0 Å². The molecule has 0 unspecified atom stereocenters. The molecule has 1 N–H and O–H groups in total. The number of carbonyl (C=O) groups is 2. The number of phenolic OH excluding ortho intramolecular Hbond substituents is 1. The molecular weight excluding hydrogens is 419 g/mol. The van der Waals surface area contributed by atoms with Crippen LogP contribution in [0, 0.1) is 5.82 Å². The molecule has 0 aliphatic carbocycles. The number of esters is 1. The van der Waals surface area contributed by atoms with Crippen molar-refractivity contribution in [3.63, 3.8) is 0 Å². The number of halogens is 1. The smallest absolute Gasteiger partial charge is 0.353 e. The number of aromatic hydroxyl groups is 1. The molecule has 0 saturated carbocycles. The summed E-state index contributed by atoms with van der Waals surface area (Å²) in [6.07, 6.45) is 0. The second-order valence-corrected chi connectivity index (χ2v) is 7.89. The van der Waals surface area contributed by atoms with Crippen molar-refractivity contribution in [3.05, 3.63) is 88.6 Å². The maximum absolute atomic E-state index is 15.0. The van der Waals surface area contributed by atoms with Crippen molar-refractivity contribution in [2.75, 3.05) is 0 Å². The minimum absolute atomic E-state index is 0.0125. The predicted molar refractivity (Wildman–Crippen MR) is 116 cm³/mol. The van der Waals surface area contributed by atoms with Crippen LogP contribution < -0.4 is 9.47 Å². The van der Waals surface area contributed by atoms with Crippen LogP contribution in [-0.2, 0) is 6.61 Å². The van der Waals surface area contributed by atoms with Gasteiger partial charge in [-0.2, -0.15) is 0 Å². The zero-order valence-corrected chi connectivity index (χ0v) is 17.2. The molecule has 0 bridgehead atoms. The lowest BCUT2D eigenvalue weighted by Crippen LogP contribution is -2.11. The van der Waals surface area contributed by atoms with E-state index in [-0.39, 0.29) is 28.5 Å². The summed E-state index contributed by atoms with van der Waals surface area (Å²) in [6, 6.07) is 18.3. The second-order valence-electron chi connectivity index (χ2n) is 6.81. The molecule has 0 saturated heterocycles. The van der Waals surface area contributed by atoms with E-state index in [1.165, 1.54) is 31.2 Å². The van der Waals surface area contributed by atoms with E-state index in [1.54, 1.807) is 12.1 Å². The molecule has 0 aliphatic heterocycles. The van der Waals surface area contributed by atoms with Gasteiger partial charge in [-0.05, 0) is 54.3 Å². The molecule has 156 valence electrons. The number of ketones is 1. The van der Waals surface area contributed by atoms with Crippen LogP contribution in [0.3, 0.4) is 0 Å². The fraction of sp³-hybridized carbons (Fsp3) is 0.0833. The Morgan fingerprint density at radius 3 is 2.55 bits per heavy atom. The average molecular weight is 436 g/mol. The summed E-state index contributed by atoms with van der Waals surface area (Å²) in [5, 5.41) is 10.4. The highest BCUT2D eigenvalue weighted by Gasteiger charge is 2.23. The molecule has 5 nitrogen and oxygen atoms in total. The van der Waals surface area contributed by atoms with Gasteiger partial charge >= 0.3 is 5.97 Å². The Hall–Kier alpha value is -3.71. The van der Waals surface area contributed by atoms with Gasteiger partial charge in [0.15, 0.2) is 17.3 Å². The summed E-state index contributed by atoms with van der Waals surface area (Å²) in [7, 11) is 0. The van der Waals surface area contributed by atoms with E-state index >= 15 is 4.39 Å². The van der Waals surface area contributed by atoms with Crippen LogP contribution in [0.15, 0.2) is 66.7 Å². The maximum atomic E-state index is 15.0. The van der Waals surface area contributed by atoms with Crippen molar-refractivity contribution >= 4 is 33.2 Å². The summed E-state index contributed by atoms with van der Waals surface area (Å²) >= 11 is 1.11. The van der Waals surface area contributed by atoms with Gasteiger partial charge in [0.05, 0.1) is 5.56 Å². The Kier molecular flexibility index (Phi) is 5.68. The summed E-state index contributed by atoms with van der Waals surface area (Å²) in [6.45, 7) is 1.36. The molecule has 4 aromatic rings. The summed E-state index contributed by atoms with van der Waals surface area (Å²) in [5.41, 5.74) is 0.649. The summed E-state index contributed by atoms with van der Waals surface area (Å²) in [5.74, 6) is -2.59. The van der Waals surface area contributed by atoms with E-state index in [0.29, 0.717) is 4.70 Å². The van der Waals surface area contributed by atoms with Crippen LogP contribution in [0.2, 0.25) is 0 Å². The van der Waals surface area contributed by atoms with Crippen molar-refractivity contribution in [2.45, 2.75) is 13.5 Å². The van der Waals surface area contributed by atoms with E-state index in [9.17, 15) is 14.7 Å². The molecule has 0 radical (unpaired) electrons. The molecule has 1 aromatic heterocycles. The number of hydrogen-bond acceptors (Lipinski definition) is 6. The number of carbonyl (C=O) groups excluding carboxylic acids is 2. The maximum Gasteiger partial charge on any atom is 0.353 e. The normalized spacial score (nSPS) is 10.8. The molecule has 31 heavy (non-hydrogen) atoms. The van der Waals surface area contributed by atoms with Gasteiger partial charge in [0.1, 0.15) is 17.2 Å². The molecule has 0 atom stereocenters. The Balaban J connectivity index is 1.66. The number of ether oxygens (including phenoxy) is 2. The number of Topliss-reactive ketones (excluding diaryl/α,β-unsaturated/α-hetero) is 1. The van der Waals surface area contributed by atoms with E-state index in [0.717, 1.165) is 22.3 Å². The van der Waals surface area contributed by atoms with Gasteiger partial charge in [-0.1, -0.05) is 30.3 Å². The van der Waals surface area contributed by atoms with Crippen LogP contribution in [-0.4, -0.2) is 16.9 Å². The number of hydrogen-bond donors (Lipinski definition) is 1. The molecular formula is C24H17FO5S.